The molecule has 0 radical (unpaired) electrons. The average Bonchev–Trinajstić information content (AvgIpc) is 3.10. The minimum absolute atomic E-state index is 0.0510. The van der Waals surface area contributed by atoms with Crippen molar-refractivity contribution in [3.05, 3.63) is 33.9 Å². The van der Waals surface area contributed by atoms with Gasteiger partial charge < -0.3 is 10.1 Å². The lowest BCUT2D eigenvalue weighted by Crippen LogP contribution is -2.40. The van der Waals surface area contributed by atoms with E-state index < -0.39 is 0 Å². The van der Waals surface area contributed by atoms with Crippen LogP contribution in [0.3, 0.4) is 0 Å². The van der Waals surface area contributed by atoms with Gasteiger partial charge >= 0.3 is 5.69 Å². The summed E-state index contributed by atoms with van der Waals surface area (Å²) in [6.07, 6.45) is 5.06. The number of nitro groups is 1. The maximum atomic E-state index is 11.1. The zero-order chi connectivity index (χ0) is 16.2. The highest BCUT2D eigenvalue weighted by atomic mass is 16.6. The van der Waals surface area contributed by atoms with Crippen molar-refractivity contribution in [2.45, 2.75) is 38.3 Å². The molecular formula is C17H25N3O3. The lowest BCUT2D eigenvalue weighted by Gasteiger charge is -2.34. The Kier molecular flexibility index (Phi) is 5.13. The third-order valence-corrected chi connectivity index (χ3v) is 5.15. The number of hydrogen-bond acceptors (Lipinski definition) is 5. The summed E-state index contributed by atoms with van der Waals surface area (Å²) in [6.45, 7) is 4.08. The van der Waals surface area contributed by atoms with Crippen LogP contribution in [0.4, 0.5) is 5.69 Å². The zero-order valence-corrected chi connectivity index (χ0v) is 13.7. The van der Waals surface area contributed by atoms with Gasteiger partial charge in [-0.2, -0.15) is 0 Å². The number of hydrogen-bond donors (Lipinski definition) is 1. The molecule has 0 saturated carbocycles. The minimum Gasteiger partial charge on any atom is -0.490 e. The number of piperidine rings is 1. The molecule has 2 heterocycles. The summed E-state index contributed by atoms with van der Waals surface area (Å²) in [5, 5.41) is 14.7. The van der Waals surface area contributed by atoms with Crippen molar-refractivity contribution < 1.29 is 9.66 Å². The summed E-state index contributed by atoms with van der Waals surface area (Å²) in [4.78, 5) is 13.1. The normalized spacial score (nSPS) is 23.1. The molecule has 2 aliphatic rings. The second-order valence-corrected chi connectivity index (χ2v) is 6.58. The first-order chi connectivity index (χ1) is 11.2. The van der Waals surface area contributed by atoms with Crippen molar-refractivity contribution in [3.8, 4) is 5.75 Å². The lowest BCUT2D eigenvalue weighted by molar-refractivity contribution is -0.385. The van der Waals surface area contributed by atoms with E-state index in [1.54, 1.807) is 12.1 Å². The van der Waals surface area contributed by atoms with Crippen LogP contribution in [0, 0.1) is 16.0 Å². The Labute approximate surface area is 137 Å². The molecule has 1 unspecified atom stereocenters. The molecule has 1 aromatic carbocycles. The monoisotopic (exact) mass is 319 g/mol. The van der Waals surface area contributed by atoms with Crippen LogP contribution in [0.5, 0.6) is 5.75 Å². The Hall–Kier alpha value is -1.66. The molecule has 1 atom stereocenters. The number of nitro benzene ring substituents is 1. The molecule has 0 bridgehead atoms. The number of nitrogens with zero attached hydrogens (tertiary/aromatic N) is 2. The SMILES string of the molecule is COc1ccc(CN2CCC(C3CCCN3)CC2)cc1[N+](=O)[O-]. The molecule has 6 heteroatoms. The van der Waals surface area contributed by atoms with Crippen LogP contribution in [-0.4, -0.2) is 42.6 Å². The van der Waals surface area contributed by atoms with Crippen LogP contribution < -0.4 is 10.1 Å². The van der Waals surface area contributed by atoms with Crippen molar-refractivity contribution in [3.63, 3.8) is 0 Å². The Balaban J connectivity index is 1.58. The lowest BCUT2D eigenvalue weighted by atomic mass is 9.88. The Morgan fingerprint density at radius 3 is 2.74 bits per heavy atom. The fourth-order valence-corrected chi connectivity index (χ4v) is 3.86. The van der Waals surface area contributed by atoms with Gasteiger partial charge in [-0.05, 0) is 62.9 Å². The Morgan fingerprint density at radius 2 is 2.13 bits per heavy atom. The fraction of sp³-hybridized carbons (Fsp3) is 0.647. The van der Waals surface area contributed by atoms with Gasteiger partial charge in [0.2, 0.25) is 0 Å². The van der Waals surface area contributed by atoms with Crippen LogP contribution in [-0.2, 0) is 6.54 Å². The average molecular weight is 319 g/mol. The topological polar surface area (TPSA) is 67.6 Å². The van der Waals surface area contributed by atoms with Gasteiger partial charge in [-0.25, -0.2) is 0 Å². The molecule has 126 valence electrons. The van der Waals surface area contributed by atoms with Gasteiger partial charge in [-0.1, -0.05) is 6.07 Å². The van der Waals surface area contributed by atoms with Crippen LogP contribution in [0.1, 0.15) is 31.2 Å². The van der Waals surface area contributed by atoms with Crippen LogP contribution in [0.2, 0.25) is 0 Å². The Bertz CT molecular complexity index is 550. The molecule has 0 amide bonds. The quantitative estimate of drug-likeness (QED) is 0.667. The summed E-state index contributed by atoms with van der Waals surface area (Å²) in [5.74, 6) is 1.11. The van der Waals surface area contributed by atoms with E-state index >= 15 is 0 Å². The fourth-order valence-electron chi connectivity index (χ4n) is 3.86. The van der Waals surface area contributed by atoms with Crippen molar-refractivity contribution in [1.82, 2.24) is 10.2 Å². The number of rotatable bonds is 5. The zero-order valence-electron chi connectivity index (χ0n) is 13.7. The second-order valence-electron chi connectivity index (χ2n) is 6.58. The van der Waals surface area contributed by atoms with E-state index in [1.165, 1.54) is 39.3 Å². The number of benzene rings is 1. The molecule has 0 aliphatic carbocycles. The van der Waals surface area contributed by atoms with Crippen LogP contribution in [0.15, 0.2) is 18.2 Å². The van der Waals surface area contributed by atoms with E-state index in [9.17, 15) is 10.1 Å². The highest BCUT2D eigenvalue weighted by Crippen LogP contribution is 2.30. The first kappa shape index (κ1) is 16.2. The Morgan fingerprint density at radius 1 is 1.35 bits per heavy atom. The van der Waals surface area contributed by atoms with Crippen molar-refractivity contribution >= 4 is 5.69 Å². The number of likely N-dealkylation sites (tertiary alicyclic amines) is 1. The van der Waals surface area contributed by atoms with Gasteiger partial charge in [0.25, 0.3) is 0 Å². The molecule has 1 aromatic rings. The molecule has 2 aliphatic heterocycles. The number of ether oxygens (including phenoxy) is 1. The highest BCUT2D eigenvalue weighted by molar-refractivity contribution is 5.48. The van der Waals surface area contributed by atoms with E-state index in [-0.39, 0.29) is 10.6 Å². The minimum atomic E-state index is -0.375. The smallest absolute Gasteiger partial charge is 0.311 e. The predicted molar refractivity (Wildman–Crippen MR) is 88.7 cm³/mol. The molecule has 2 fully saturated rings. The van der Waals surface area contributed by atoms with Gasteiger partial charge in [0, 0.05) is 18.7 Å². The van der Waals surface area contributed by atoms with E-state index in [2.05, 4.69) is 10.2 Å². The molecule has 6 nitrogen and oxygen atoms in total. The summed E-state index contributed by atoms with van der Waals surface area (Å²) in [5.41, 5.74) is 1.03. The molecule has 0 spiro atoms. The van der Waals surface area contributed by atoms with E-state index in [4.69, 9.17) is 4.74 Å². The summed E-state index contributed by atoms with van der Waals surface area (Å²) >= 11 is 0. The van der Waals surface area contributed by atoms with Crippen molar-refractivity contribution in [1.29, 1.82) is 0 Å². The molecule has 3 rings (SSSR count). The third-order valence-electron chi connectivity index (χ3n) is 5.15. The summed E-state index contributed by atoms with van der Waals surface area (Å²) in [7, 11) is 1.46. The van der Waals surface area contributed by atoms with Gasteiger partial charge in [-0.15, -0.1) is 0 Å². The van der Waals surface area contributed by atoms with Gasteiger partial charge in [0.15, 0.2) is 5.75 Å². The molecule has 1 N–H and O–H groups in total. The summed E-state index contributed by atoms with van der Waals surface area (Å²) < 4.78 is 5.06. The second kappa shape index (κ2) is 7.27. The maximum Gasteiger partial charge on any atom is 0.311 e. The molecule has 23 heavy (non-hydrogen) atoms. The first-order valence-electron chi connectivity index (χ1n) is 8.44. The predicted octanol–water partition coefficient (Wildman–Crippen LogP) is 2.57. The summed E-state index contributed by atoms with van der Waals surface area (Å²) in [6, 6.07) is 5.97. The molecular weight excluding hydrogens is 294 g/mol. The van der Waals surface area contributed by atoms with Crippen molar-refractivity contribution in [2.24, 2.45) is 5.92 Å². The van der Waals surface area contributed by atoms with Crippen LogP contribution >= 0.6 is 0 Å². The van der Waals surface area contributed by atoms with E-state index in [0.717, 1.165) is 31.1 Å². The molecule has 0 aromatic heterocycles. The standard InChI is InChI=1S/C17H25N3O3/c1-23-17-5-4-13(11-16(17)20(21)22)12-19-9-6-14(7-10-19)15-3-2-8-18-15/h4-5,11,14-15,18H,2-3,6-10,12H2,1H3. The third kappa shape index (κ3) is 3.82. The van der Waals surface area contributed by atoms with Crippen LogP contribution in [0.25, 0.3) is 0 Å². The largest absolute Gasteiger partial charge is 0.490 e. The van der Waals surface area contributed by atoms with Gasteiger partial charge in [0.05, 0.1) is 12.0 Å². The van der Waals surface area contributed by atoms with E-state index in [0.29, 0.717) is 11.8 Å². The van der Waals surface area contributed by atoms with Gasteiger partial charge in [0.1, 0.15) is 0 Å². The maximum absolute atomic E-state index is 11.1. The van der Waals surface area contributed by atoms with Crippen molar-refractivity contribution in [2.75, 3.05) is 26.7 Å². The number of methoxy groups -OCH3 is 1. The van der Waals surface area contributed by atoms with Gasteiger partial charge in [-0.3, -0.25) is 15.0 Å². The number of nitrogens with one attached hydrogen (secondary N) is 1. The first-order valence-corrected chi connectivity index (χ1v) is 8.44. The van der Waals surface area contributed by atoms with E-state index in [1.807, 2.05) is 6.07 Å². The highest BCUT2D eigenvalue weighted by Gasteiger charge is 2.28. The molecule has 2 saturated heterocycles.